The van der Waals surface area contributed by atoms with Crippen molar-refractivity contribution in [3.05, 3.63) is 63.7 Å². The number of halogens is 1. The van der Waals surface area contributed by atoms with E-state index in [0.717, 1.165) is 32.4 Å². The highest BCUT2D eigenvalue weighted by Crippen LogP contribution is 2.49. The molecule has 2 aromatic carbocycles. The van der Waals surface area contributed by atoms with Crippen molar-refractivity contribution in [2.24, 2.45) is 12.8 Å². The van der Waals surface area contributed by atoms with Crippen LogP contribution in [0.1, 0.15) is 25.0 Å². The number of nitrogens with one attached hydrogen (secondary N) is 1. The summed E-state index contributed by atoms with van der Waals surface area (Å²) >= 11 is 0. The smallest absolute Gasteiger partial charge is 0.272 e. The Morgan fingerprint density at radius 1 is 1.28 bits per heavy atom. The Kier molecular flexibility index (Phi) is 5.23. The molecule has 1 aliphatic heterocycles. The van der Waals surface area contributed by atoms with Crippen molar-refractivity contribution in [3.63, 3.8) is 0 Å². The molecule has 2 aliphatic rings. The standard InChI is InChI=1S/C26H24FN7O2/c1-29-24-21(36-15-5-6-15)11-20(34-8-3-9-34)23(27)22(24)25-18(13-30-33(25)2)14-4-7-16-17(10-14)19(12-28)31-32-26(16)35/h4,7,10-11,13,15H,3,5-6,8-9,12,28H2,2H3,(H,32,35). The van der Waals surface area contributed by atoms with Crippen molar-refractivity contribution in [1.29, 1.82) is 0 Å². The van der Waals surface area contributed by atoms with Crippen LogP contribution in [-0.4, -0.2) is 39.2 Å². The molecule has 0 radical (unpaired) electrons. The van der Waals surface area contributed by atoms with E-state index in [0.29, 0.717) is 44.7 Å². The third kappa shape index (κ3) is 3.51. The van der Waals surface area contributed by atoms with E-state index >= 15 is 4.39 Å². The second kappa shape index (κ2) is 8.46. The molecule has 1 saturated heterocycles. The zero-order chi connectivity index (χ0) is 25.0. The van der Waals surface area contributed by atoms with E-state index in [1.807, 2.05) is 11.0 Å². The molecule has 36 heavy (non-hydrogen) atoms. The Labute approximate surface area is 206 Å². The van der Waals surface area contributed by atoms with Crippen LogP contribution in [0, 0.1) is 12.4 Å². The zero-order valence-electron chi connectivity index (χ0n) is 19.7. The summed E-state index contributed by atoms with van der Waals surface area (Å²) in [5, 5.41) is 12.0. The quantitative estimate of drug-likeness (QED) is 0.402. The first-order valence-electron chi connectivity index (χ1n) is 11.9. The zero-order valence-corrected chi connectivity index (χ0v) is 19.7. The monoisotopic (exact) mass is 485 g/mol. The number of fused-ring (bicyclic) bond motifs is 1. The Balaban J connectivity index is 1.60. The Bertz CT molecular complexity index is 1610. The predicted octanol–water partition coefficient (Wildman–Crippen LogP) is 3.89. The highest BCUT2D eigenvalue weighted by atomic mass is 19.1. The number of anilines is 1. The number of ether oxygens (including phenoxy) is 1. The largest absolute Gasteiger partial charge is 0.501 e. The second-order valence-electron chi connectivity index (χ2n) is 9.20. The molecular formula is C26H24FN7O2. The second-order valence-corrected chi connectivity index (χ2v) is 9.20. The molecule has 0 amide bonds. The van der Waals surface area contributed by atoms with Gasteiger partial charge >= 0.3 is 0 Å². The molecule has 0 atom stereocenters. The van der Waals surface area contributed by atoms with E-state index in [2.05, 4.69) is 20.1 Å². The molecule has 6 rings (SSSR count). The highest BCUT2D eigenvalue weighted by molar-refractivity contribution is 5.95. The first-order chi connectivity index (χ1) is 17.5. The van der Waals surface area contributed by atoms with Gasteiger partial charge in [-0.3, -0.25) is 9.48 Å². The molecule has 1 saturated carbocycles. The minimum absolute atomic E-state index is 0.0554. The number of H-pyrrole nitrogens is 1. The fourth-order valence-corrected chi connectivity index (χ4v) is 4.67. The number of nitrogens with two attached hydrogens (primary N) is 1. The van der Waals surface area contributed by atoms with Gasteiger partial charge in [-0.25, -0.2) is 14.3 Å². The number of rotatable bonds is 6. The van der Waals surface area contributed by atoms with Crippen LogP contribution in [-0.2, 0) is 13.6 Å². The van der Waals surface area contributed by atoms with Gasteiger partial charge in [-0.2, -0.15) is 10.2 Å². The van der Waals surface area contributed by atoms with Crippen LogP contribution < -0.4 is 20.9 Å². The number of aromatic nitrogens is 4. The maximum atomic E-state index is 16.2. The number of hydrogen-bond acceptors (Lipinski definition) is 6. The first-order valence-corrected chi connectivity index (χ1v) is 11.9. The minimum Gasteiger partial charge on any atom is -0.501 e. The summed E-state index contributed by atoms with van der Waals surface area (Å²) in [6, 6.07) is 6.97. The summed E-state index contributed by atoms with van der Waals surface area (Å²) in [6.07, 6.45) is 4.54. The normalized spacial score (nSPS) is 15.1. The van der Waals surface area contributed by atoms with Crippen LogP contribution >= 0.6 is 0 Å². The van der Waals surface area contributed by atoms with Crippen LogP contribution in [0.5, 0.6) is 5.75 Å². The van der Waals surface area contributed by atoms with Crippen LogP contribution in [0.3, 0.4) is 0 Å². The molecule has 0 bridgehead atoms. The lowest BCUT2D eigenvalue weighted by atomic mass is 9.96. The van der Waals surface area contributed by atoms with Crippen molar-refractivity contribution >= 4 is 22.1 Å². The molecule has 10 heteroatoms. The van der Waals surface area contributed by atoms with Crippen LogP contribution in [0.2, 0.25) is 0 Å². The average Bonchev–Trinajstić information content (AvgIpc) is 3.59. The van der Waals surface area contributed by atoms with E-state index in [4.69, 9.17) is 17.0 Å². The lowest BCUT2D eigenvalue weighted by Gasteiger charge is -2.34. The van der Waals surface area contributed by atoms with E-state index in [1.54, 1.807) is 36.1 Å². The molecule has 182 valence electrons. The number of nitrogens with zero attached hydrogens (tertiary/aromatic N) is 5. The molecular weight excluding hydrogens is 461 g/mol. The maximum absolute atomic E-state index is 16.2. The minimum atomic E-state index is -0.463. The SMILES string of the molecule is [C-]#[N+]c1c(OC2CC2)cc(N2CCC2)c(F)c1-c1c(-c2ccc3c(=O)[nH]nc(CN)c3c2)cnn1C. The number of aromatic amines is 1. The Morgan fingerprint density at radius 2 is 2.08 bits per heavy atom. The van der Waals surface area contributed by atoms with Gasteiger partial charge in [0.25, 0.3) is 5.56 Å². The Hall–Kier alpha value is -4.23. The van der Waals surface area contributed by atoms with E-state index in [1.165, 1.54) is 0 Å². The third-order valence-corrected chi connectivity index (χ3v) is 6.86. The van der Waals surface area contributed by atoms with Gasteiger partial charge < -0.3 is 15.4 Å². The van der Waals surface area contributed by atoms with Crippen molar-refractivity contribution in [2.45, 2.75) is 31.9 Å². The summed E-state index contributed by atoms with van der Waals surface area (Å²) in [7, 11) is 1.72. The molecule has 2 fully saturated rings. The third-order valence-electron chi connectivity index (χ3n) is 6.86. The van der Waals surface area contributed by atoms with Gasteiger partial charge in [-0.15, -0.1) is 0 Å². The predicted molar refractivity (Wildman–Crippen MR) is 135 cm³/mol. The molecule has 9 nitrogen and oxygen atoms in total. The maximum Gasteiger partial charge on any atom is 0.272 e. The lowest BCUT2D eigenvalue weighted by molar-refractivity contribution is 0.305. The van der Waals surface area contributed by atoms with Crippen molar-refractivity contribution in [2.75, 3.05) is 18.0 Å². The topological polar surface area (TPSA) is 106 Å². The lowest BCUT2D eigenvalue weighted by Crippen LogP contribution is -2.37. The molecule has 2 aromatic heterocycles. The fraction of sp³-hybridized carbons (Fsp3) is 0.308. The van der Waals surface area contributed by atoms with Crippen molar-refractivity contribution in [3.8, 4) is 28.1 Å². The molecule has 1 aliphatic carbocycles. The van der Waals surface area contributed by atoms with Crippen molar-refractivity contribution < 1.29 is 9.13 Å². The Morgan fingerprint density at radius 3 is 2.75 bits per heavy atom. The van der Waals surface area contributed by atoms with E-state index in [-0.39, 0.29) is 29.5 Å². The van der Waals surface area contributed by atoms with Gasteiger partial charge in [0.05, 0.1) is 41.3 Å². The summed E-state index contributed by atoms with van der Waals surface area (Å²) in [4.78, 5) is 18.0. The fourth-order valence-electron chi connectivity index (χ4n) is 4.67. The van der Waals surface area contributed by atoms with Gasteiger partial charge in [-0.1, -0.05) is 6.07 Å². The van der Waals surface area contributed by atoms with Crippen molar-refractivity contribution in [1.82, 2.24) is 20.0 Å². The average molecular weight is 486 g/mol. The van der Waals surface area contributed by atoms with Crippen LogP contribution in [0.25, 0.3) is 38.0 Å². The molecule has 3 heterocycles. The van der Waals surface area contributed by atoms with Gasteiger partial charge in [0.15, 0.2) is 0 Å². The van der Waals surface area contributed by atoms with Gasteiger partial charge in [0.1, 0.15) is 11.6 Å². The van der Waals surface area contributed by atoms with Gasteiger partial charge in [0, 0.05) is 43.2 Å². The molecule has 3 N–H and O–H groups in total. The summed E-state index contributed by atoms with van der Waals surface area (Å²) in [6.45, 7) is 9.58. The van der Waals surface area contributed by atoms with Crippen LogP contribution in [0.4, 0.5) is 15.8 Å². The van der Waals surface area contributed by atoms with E-state index < -0.39 is 5.82 Å². The summed E-state index contributed by atoms with van der Waals surface area (Å²) in [5.41, 5.74) is 8.64. The van der Waals surface area contributed by atoms with Gasteiger partial charge in [0.2, 0.25) is 5.69 Å². The molecule has 0 unspecified atom stereocenters. The first kappa shape index (κ1) is 22.2. The number of benzene rings is 2. The van der Waals surface area contributed by atoms with Gasteiger partial charge in [-0.05, 0) is 43.0 Å². The van der Waals surface area contributed by atoms with E-state index in [9.17, 15) is 4.79 Å². The van der Waals surface area contributed by atoms with Crippen LogP contribution in [0.15, 0.2) is 35.3 Å². The molecule has 4 aromatic rings. The number of aryl methyl sites for hydroxylation is 1. The highest BCUT2D eigenvalue weighted by Gasteiger charge is 2.32. The number of hydrogen-bond donors (Lipinski definition) is 2. The summed E-state index contributed by atoms with van der Waals surface area (Å²) < 4.78 is 23.9. The molecule has 0 spiro atoms. The summed E-state index contributed by atoms with van der Waals surface area (Å²) in [5.74, 6) is -0.0622.